The van der Waals surface area contributed by atoms with Gasteiger partial charge in [-0.1, -0.05) is 24.3 Å². The Kier molecular flexibility index (Phi) is 2.41. The lowest BCUT2D eigenvalue weighted by Crippen LogP contribution is -2.23. The van der Waals surface area contributed by atoms with Crippen molar-refractivity contribution in [1.29, 1.82) is 0 Å². The zero-order valence-corrected chi connectivity index (χ0v) is 12.5. The fourth-order valence-electron chi connectivity index (χ4n) is 4.06. The van der Waals surface area contributed by atoms with Crippen molar-refractivity contribution in [3.05, 3.63) is 64.2 Å². The molecule has 0 saturated heterocycles. The molecule has 5 rings (SSSR count). The number of hydrogen-bond acceptors (Lipinski definition) is 2. The van der Waals surface area contributed by atoms with Gasteiger partial charge >= 0.3 is 0 Å². The van der Waals surface area contributed by atoms with E-state index in [1.165, 1.54) is 35.4 Å². The minimum Gasteiger partial charge on any atom is -0.322 e. The van der Waals surface area contributed by atoms with Crippen molar-refractivity contribution in [3.8, 4) is 11.3 Å². The first-order valence-corrected chi connectivity index (χ1v) is 8.46. The normalized spacial score (nSPS) is 22.7. The van der Waals surface area contributed by atoms with Gasteiger partial charge in [0.05, 0.1) is 24.3 Å². The lowest BCUT2D eigenvalue weighted by molar-refractivity contribution is 0.351. The van der Waals surface area contributed by atoms with Crippen LogP contribution in [0.3, 0.4) is 0 Å². The number of thiophene rings is 1. The van der Waals surface area contributed by atoms with Gasteiger partial charge in [-0.05, 0) is 47.8 Å². The number of aromatic nitrogens is 2. The van der Waals surface area contributed by atoms with E-state index >= 15 is 0 Å². The Bertz CT molecular complexity index is 774. The van der Waals surface area contributed by atoms with Crippen molar-refractivity contribution in [2.75, 3.05) is 0 Å². The summed E-state index contributed by atoms with van der Waals surface area (Å²) < 4.78 is 2.40. The van der Waals surface area contributed by atoms with E-state index < -0.39 is 0 Å². The van der Waals surface area contributed by atoms with Gasteiger partial charge in [-0.3, -0.25) is 0 Å². The average Bonchev–Trinajstić information content (AvgIpc) is 3.19. The Morgan fingerprint density at radius 1 is 1.14 bits per heavy atom. The monoisotopic (exact) mass is 292 g/mol. The number of rotatable bonds is 1. The SMILES string of the molecule is c1ccc2c(c1)CC[C@H]([C@H]1c3sccc3-c3cncn31)C2. The third-order valence-electron chi connectivity index (χ3n) is 5.04. The number of fused-ring (bicyclic) bond motifs is 4. The summed E-state index contributed by atoms with van der Waals surface area (Å²) in [6.07, 6.45) is 7.71. The van der Waals surface area contributed by atoms with Gasteiger partial charge in [0, 0.05) is 10.4 Å². The fourth-order valence-corrected chi connectivity index (χ4v) is 5.16. The largest absolute Gasteiger partial charge is 0.322 e. The zero-order chi connectivity index (χ0) is 13.8. The first-order chi connectivity index (χ1) is 10.4. The van der Waals surface area contributed by atoms with Crippen LogP contribution in [0.2, 0.25) is 0 Å². The van der Waals surface area contributed by atoms with E-state index in [0.717, 1.165) is 0 Å². The third-order valence-corrected chi connectivity index (χ3v) is 6.02. The van der Waals surface area contributed by atoms with Gasteiger partial charge in [0.15, 0.2) is 0 Å². The molecular formula is C18H16N2S. The molecular weight excluding hydrogens is 276 g/mol. The van der Waals surface area contributed by atoms with Gasteiger partial charge in [0.1, 0.15) is 0 Å². The maximum atomic E-state index is 4.38. The minimum atomic E-state index is 0.492. The highest BCUT2D eigenvalue weighted by Crippen LogP contribution is 2.48. The van der Waals surface area contributed by atoms with E-state index in [1.54, 1.807) is 11.1 Å². The quantitative estimate of drug-likeness (QED) is 0.653. The van der Waals surface area contributed by atoms with Crippen LogP contribution in [0.15, 0.2) is 48.2 Å². The van der Waals surface area contributed by atoms with E-state index in [9.17, 15) is 0 Å². The van der Waals surface area contributed by atoms with Crippen LogP contribution in [0.25, 0.3) is 11.3 Å². The summed E-state index contributed by atoms with van der Waals surface area (Å²) in [5.41, 5.74) is 5.79. The summed E-state index contributed by atoms with van der Waals surface area (Å²) in [7, 11) is 0. The predicted molar refractivity (Wildman–Crippen MR) is 85.6 cm³/mol. The maximum absolute atomic E-state index is 4.38. The molecule has 0 bridgehead atoms. The van der Waals surface area contributed by atoms with E-state index in [-0.39, 0.29) is 0 Å². The number of nitrogens with zero attached hydrogens (tertiary/aromatic N) is 2. The molecule has 0 fully saturated rings. The van der Waals surface area contributed by atoms with Gasteiger partial charge < -0.3 is 4.57 Å². The standard InChI is InChI=1S/C18H16N2S/c1-2-4-13-9-14(6-5-12(13)3-1)17-18-15(7-8-21-18)16-10-19-11-20(16)17/h1-4,7-8,10-11,14,17H,5-6,9H2/t14-,17-/m0/s1. The highest BCUT2D eigenvalue weighted by molar-refractivity contribution is 7.10. The summed E-state index contributed by atoms with van der Waals surface area (Å²) >= 11 is 1.91. The molecule has 0 unspecified atom stereocenters. The first kappa shape index (κ1) is 11.8. The van der Waals surface area contributed by atoms with Crippen LogP contribution in [0, 0.1) is 5.92 Å². The van der Waals surface area contributed by atoms with Crippen molar-refractivity contribution in [3.63, 3.8) is 0 Å². The molecule has 0 saturated carbocycles. The zero-order valence-electron chi connectivity index (χ0n) is 11.7. The Labute approximate surface area is 128 Å². The molecule has 2 aliphatic rings. The smallest absolute Gasteiger partial charge is 0.0957 e. The lowest BCUT2D eigenvalue weighted by atomic mass is 9.80. The van der Waals surface area contributed by atoms with Gasteiger partial charge in [-0.2, -0.15) is 0 Å². The molecule has 1 aliphatic heterocycles. The molecule has 104 valence electrons. The van der Waals surface area contributed by atoms with Crippen LogP contribution < -0.4 is 0 Å². The van der Waals surface area contributed by atoms with Gasteiger partial charge in [-0.15, -0.1) is 11.3 Å². The Morgan fingerprint density at radius 2 is 2.05 bits per heavy atom. The Morgan fingerprint density at radius 3 is 3.00 bits per heavy atom. The van der Waals surface area contributed by atoms with Crippen LogP contribution in [-0.4, -0.2) is 9.55 Å². The van der Waals surface area contributed by atoms with Crippen LogP contribution in [0.1, 0.15) is 28.5 Å². The molecule has 0 radical (unpaired) electrons. The van der Waals surface area contributed by atoms with E-state index in [2.05, 4.69) is 45.3 Å². The lowest BCUT2D eigenvalue weighted by Gasteiger charge is -2.30. The van der Waals surface area contributed by atoms with Crippen LogP contribution in [-0.2, 0) is 12.8 Å². The molecule has 1 aliphatic carbocycles. The van der Waals surface area contributed by atoms with E-state index in [4.69, 9.17) is 0 Å². The van der Waals surface area contributed by atoms with E-state index in [0.29, 0.717) is 12.0 Å². The van der Waals surface area contributed by atoms with Crippen LogP contribution in [0.5, 0.6) is 0 Å². The average molecular weight is 292 g/mol. The van der Waals surface area contributed by atoms with Crippen molar-refractivity contribution in [1.82, 2.24) is 9.55 Å². The second-order valence-electron chi connectivity index (χ2n) is 6.10. The second-order valence-corrected chi connectivity index (χ2v) is 7.05. The fraction of sp³-hybridized carbons (Fsp3) is 0.278. The van der Waals surface area contributed by atoms with Crippen molar-refractivity contribution in [2.45, 2.75) is 25.3 Å². The van der Waals surface area contributed by atoms with Gasteiger partial charge in [0.2, 0.25) is 0 Å². The summed E-state index contributed by atoms with van der Waals surface area (Å²) in [6.45, 7) is 0. The second kappa shape index (κ2) is 4.31. The van der Waals surface area contributed by atoms with Crippen molar-refractivity contribution in [2.24, 2.45) is 5.92 Å². The third kappa shape index (κ3) is 1.61. The highest BCUT2D eigenvalue weighted by Gasteiger charge is 2.36. The summed E-state index contributed by atoms with van der Waals surface area (Å²) in [5.74, 6) is 0.688. The molecule has 2 atom stereocenters. The first-order valence-electron chi connectivity index (χ1n) is 7.58. The number of aryl methyl sites for hydroxylation is 1. The molecule has 2 aromatic heterocycles. The van der Waals surface area contributed by atoms with Crippen molar-refractivity contribution < 1.29 is 0 Å². The molecule has 21 heavy (non-hydrogen) atoms. The highest BCUT2D eigenvalue weighted by atomic mass is 32.1. The minimum absolute atomic E-state index is 0.492. The summed E-state index contributed by atoms with van der Waals surface area (Å²) in [6, 6.07) is 11.7. The molecule has 2 nitrogen and oxygen atoms in total. The predicted octanol–water partition coefficient (Wildman–Crippen LogP) is 4.32. The molecule has 1 aromatic carbocycles. The Balaban J connectivity index is 1.58. The number of imidazole rings is 1. The number of hydrogen-bond donors (Lipinski definition) is 0. The van der Waals surface area contributed by atoms with E-state index in [1.807, 2.05) is 23.9 Å². The molecule has 3 aromatic rings. The Hall–Kier alpha value is -1.87. The van der Waals surface area contributed by atoms with Gasteiger partial charge in [0.25, 0.3) is 0 Å². The van der Waals surface area contributed by atoms with Crippen LogP contribution >= 0.6 is 11.3 Å². The maximum Gasteiger partial charge on any atom is 0.0957 e. The number of benzene rings is 1. The molecule has 0 spiro atoms. The molecule has 0 N–H and O–H groups in total. The van der Waals surface area contributed by atoms with Gasteiger partial charge in [-0.25, -0.2) is 4.98 Å². The topological polar surface area (TPSA) is 17.8 Å². The molecule has 3 heterocycles. The summed E-state index contributed by atoms with van der Waals surface area (Å²) in [5, 5.41) is 2.23. The van der Waals surface area contributed by atoms with Crippen LogP contribution in [0.4, 0.5) is 0 Å². The molecule has 3 heteroatoms. The summed E-state index contributed by atoms with van der Waals surface area (Å²) in [4.78, 5) is 5.92. The van der Waals surface area contributed by atoms with Crippen molar-refractivity contribution >= 4 is 11.3 Å². The molecule has 0 amide bonds.